The van der Waals surface area contributed by atoms with E-state index in [1.165, 1.54) is 30.0 Å². The van der Waals surface area contributed by atoms with Gasteiger partial charge in [0.15, 0.2) is 0 Å². The minimum atomic E-state index is -0.250. The number of carbonyl (C=O) groups excluding carboxylic acids is 1. The first-order valence-electron chi connectivity index (χ1n) is 11.9. The number of benzene rings is 2. The van der Waals surface area contributed by atoms with E-state index in [2.05, 4.69) is 68.0 Å². The summed E-state index contributed by atoms with van der Waals surface area (Å²) in [7, 11) is 0. The van der Waals surface area contributed by atoms with Crippen molar-refractivity contribution in [3.05, 3.63) is 83.3 Å². The summed E-state index contributed by atoms with van der Waals surface area (Å²) in [6.07, 6.45) is 5.96. The van der Waals surface area contributed by atoms with Crippen molar-refractivity contribution >= 4 is 23.9 Å². The first-order chi connectivity index (χ1) is 17.0. The summed E-state index contributed by atoms with van der Waals surface area (Å²) in [5.41, 5.74) is 5.66. The molecule has 1 aromatic heterocycles. The number of amides is 1. The fourth-order valence-corrected chi connectivity index (χ4v) is 4.80. The van der Waals surface area contributed by atoms with Gasteiger partial charge in [-0.3, -0.25) is 14.5 Å². The van der Waals surface area contributed by atoms with Crippen molar-refractivity contribution in [3.8, 4) is 0 Å². The van der Waals surface area contributed by atoms with Gasteiger partial charge >= 0.3 is 0 Å². The van der Waals surface area contributed by atoms with Gasteiger partial charge in [-0.15, -0.1) is 0 Å². The fourth-order valence-electron chi connectivity index (χ4n) is 4.80. The lowest BCUT2D eigenvalue weighted by Gasteiger charge is -2.44. The van der Waals surface area contributed by atoms with Gasteiger partial charge in [0.25, 0.3) is 6.47 Å². The molecular formula is C27H31N5O3. The Morgan fingerprint density at radius 2 is 1.83 bits per heavy atom. The number of carboxylic acid groups (broad SMARTS) is 1. The van der Waals surface area contributed by atoms with Crippen LogP contribution in [0.1, 0.15) is 48.6 Å². The molecule has 3 aromatic rings. The Hall–Kier alpha value is -3.78. The number of fused-ring (bicyclic) bond motifs is 1. The summed E-state index contributed by atoms with van der Waals surface area (Å²) in [6, 6.07) is 18.8. The van der Waals surface area contributed by atoms with E-state index in [9.17, 15) is 4.79 Å². The van der Waals surface area contributed by atoms with Crippen LogP contribution in [-0.2, 0) is 34.6 Å². The van der Waals surface area contributed by atoms with Crippen LogP contribution in [0.2, 0.25) is 0 Å². The zero-order chi connectivity index (χ0) is 24.7. The Kier molecular flexibility index (Phi) is 7.72. The van der Waals surface area contributed by atoms with Crippen LogP contribution in [0.3, 0.4) is 0 Å². The summed E-state index contributed by atoms with van der Waals surface area (Å²) in [5.74, 6) is 0.903. The maximum Gasteiger partial charge on any atom is 0.290 e. The number of nitrogens with one attached hydrogen (secondary N) is 2. The van der Waals surface area contributed by atoms with Crippen molar-refractivity contribution in [2.45, 2.75) is 51.2 Å². The summed E-state index contributed by atoms with van der Waals surface area (Å²) in [4.78, 5) is 31.4. The highest BCUT2D eigenvalue weighted by atomic mass is 16.3. The molecule has 8 heteroatoms. The molecule has 0 radical (unpaired) electrons. The van der Waals surface area contributed by atoms with Crippen LogP contribution in [0.15, 0.2) is 60.9 Å². The van der Waals surface area contributed by atoms with E-state index < -0.39 is 0 Å². The van der Waals surface area contributed by atoms with Gasteiger partial charge < -0.3 is 15.7 Å². The topological polar surface area (TPSA) is 107 Å². The minimum Gasteiger partial charge on any atom is -0.483 e. The van der Waals surface area contributed by atoms with Crippen LogP contribution < -0.4 is 10.6 Å². The molecule has 0 bridgehead atoms. The molecule has 0 saturated heterocycles. The molecule has 0 atom stereocenters. The standard InChI is InChI=1S/C26H29N5O.CH2O2/c1-19(32)29-22-10-8-21(9-11-22)26(13-5-14-26)30-25-23-17-31(15-12-24(23)27-18-28-25)16-20-6-3-2-4-7-20;2-1-3/h2-4,6-11,18H,5,12-17H2,1H3,(H,29,32)(H,27,28,30);1H,(H,2,3). The van der Waals surface area contributed by atoms with Crippen LogP contribution >= 0.6 is 0 Å². The summed E-state index contributed by atoms with van der Waals surface area (Å²) in [5, 5.41) is 13.6. The lowest BCUT2D eigenvalue weighted by atomic mass is 9.71. The van der Waals surface area contributed by atoms with Gasteiger partial charge in [-0.05, 0) is 42.5 Å². The zero-order valence-corrected chi connectivity index (χ0v) is 19.9. The summed E-state index contributed by atoms with van der Waals surface area (Å²) < 4.78 is 0. The average Bonchev–Trinajstić information content (AvgIpc) is 2.83. The first kappa shape index (κ1) is 24.3. The molecule has 1 aliphatic heterocycles. The molecule has 2 heterocycles. The van der Waals surface area contributed by atoms with Crippen LogP contribution in [-0.4, -0.2) is 38.9 Å². The van der Waals surface area contributed by atoms with Crippen molar-refractivity contribution in [2.75, 3.05) is 17.2 Å². The second kappa shape index (κ2) is 11.1. The summed E-state index contributed by atoms with van der Waals surface area (Å²) in [6.45, 7) is 4.08. The van der Waals surface area contributed by atoms with Crippen LogP contribution in [0.25, 0.3) is 0 Å². The number of hydrogen-bond donors (Lipinski definition) is 3. The highest BCUT2D eigenvalue weighted by Crippen LogP contribution is 2.45. The number of hydrogen-bond acceptors (Lipinski definition) is 6. The van der Waals surface area contributed by atoms with E-state index in [-0.39, 0.29) is 17.9 Å². The smallest absolute Gasteiger partial charge is 0.290 e. The number of aromatic nitrogens is 2. The minimum absolute atomic E-state index is 0.0538. The predicted octanol–water partition coefficient (Wildman–Crippen LogP) is 4.19. The van der Waals surface area contributed by atoms with E-state index in [0.717, 1.165) is 56.1 Å². The van der Waals surface area contributed by atoms with Crippen LogP contribution in [0, 0.1) is 0 Å². The maximum absolute atomic E-state index is 11.3. The molecular weight excluding hydrogens is 442 g/mol. The third-order valence-corrected chi connectivity index (χ3v) is 6.65. The van der Waals surface area contributed by atoms with E-state index in [1.807, 2.05) is 12.1 Å². The van der Waals surface area contributed by atoms with E-state index >= 15 is 0 Å². The molecule has 5 rings (SSSR count). The second-order valence-electron chi connectivity index (χ2n) is 9.02. The van der Waals surface area contributed by atoms with Crippen molar-refractivity contribution in [2.24, 2.45) is 0 Å². The Morgan fingerprint density at radius 3 is 2.46 bits per heavy atom. The third kappa shape index (κ3) is 5.84. The van der Waals surface area contributed by atoms with Gasteiger partial charge in [0.2, 0.25) is 5.91 Å². The molecule has 35 heavy (non-hydrogen) atoms. The van der Waals surface area contributed by atoms with Crippen molar-refractivity contribution in [1.82, 2.24) is 14.9 Å². The number of anilines is 2. The second-order valence-corrected chi connectivity index (χ2v) is 9.02. The molecule has 1 saturated carbocycles. The van der Waals surface area contributed by atoms with Crippen LogP contribution in [0.5, 0.6) is 0 Å². The predicted molar refractivity (Wildman–Crippen MR) is 135 cm³/mol. The van der Waals surface area contributed by atoms with Gasteiger partial charge in [0.1, 0.15) is 12.1 Å². The zero-order valence-electron chi connectivity index (χ0n) is 19.9. The molecule has 2 aromatic carbocycles. The van der Waals surface area contributed by atoms with E-state index in [0.29, 0.717) is 0 Å². The Morgan fingerprint density at radius 1 is 1.11 bits per heavy atom. The molecule has 2 aliphatic rings. The first-order valence-corrected chi connectivity index (χ1v) is 11.9. The summed E-state index contributed by atoms with van der Waals surface area (Å²) >= 11 is 0. The largest absolute Gasteiger partial charge is 0.483 e. The molecule has 3 N–H and O–H groups in total. The fraction of sp³-hybridized carbons (Fsp3) is 0.333. The van der Waals surface area contributed by atoms with Crippen molar-refractivity contribution in [3.63, 3.8) is 0 Å². The highest BCUT2D eigenvalue weighted by molar-refractivity contribution is 5.88. The van der Waals surface area contributed by atoms with Crippen molar-refractivity contribution in [1.29, 1.82) is 0 Å². The number of rotatable bonds is 6. The van der Waals surface area contributed by atoms with Gasteiger partial charge in [-0.25, -0.2) is 9.97 Å². The lowest BCUT2D eigenvalue weighted by Crippen LogP contribution is -2.43. The molecule has 8 nitrogen and oxygen atoms in total. The molecule has 0 spiro atoms. The van der Waals surface area contributed by atoms with E-state index in [4.69, 9.17) is 9.90 Å². The Bertz CT molecular complexity index is 1150. The maximum atomic E-state index is 11.3. The number of nitrogens with zero attached hydrogens (tertiary/aromatic N) is 3. The average molecular weight is 474 g/mol. The molecule has 1 aliphatic carbocycles. The third-order valence-electron chi connectivity index (χ3n) is 6.65. The number of carbonyl (C=O) groups is 2. The molecule has 182 valence electrons. The Balaban J connectivity index is 0.000000917. The molecule has 0 unspecified atom stereocenters. The molecule has 1 fully saturated rings. The lowest BCUT2D eigenvalue weighted by molar-refractivity contribution is -0.123. The van der Waals surface area contributed by atoms with E-state index in [1.54, 1.807) is 6.33 Å². The van der Waals surface area contributed by atoms with Crippen LogP contribution in [0.4, 0.5) is 11.5 Å². The van der Waals surface area contributed by atoms with Gasteiger partial charge in [0.05, 0.1) is 11.2 Å². The van der Waals surface area contributed by atoms with Gasteiger partial charge in [0, 0.05) is 44.2 Å². The monoisotopic (exact) mass is 473 g/mol. The SMILES string of the molecule is CC(=O)Nc1ccc(C2(Nc3ncnc4c3CN(Cc3ccccc3)CC4)CCC2)cc1.O=CO. The Labute approximate surface area is 205 Å². The van der Waals surface area contributed by atoms with Crippen molar-refractivity contribution < 1.29 is 14.7 Å². The quantitative estimate of drug-likeness (QED) is 0.461. The highest BCUT2D eigenvalue weighted by Gasteiger charge is 2.40. The van der Waals surface area contributed by atoms with Gasteiger partial charge in [-0.2, -0.15) is 0 Å². The molecule has 1 amide bonds. The van der Waals surface area contributed by atoms with Gasteiger partial charge in [-0.1, -0.05) is 42.5 Å². The normalized spacial score (nSPS) is 16.0.